The first-order chi connectivity index (χ1) is 12.8. The molecule has 0 saturated heterocycles. The average molecular weight is 343 g/mol. The molecule has 0 fully saturated rings. The van der Waals surface area contributed by atoms with Gasteiger partial charge in [0.05, 0.1) is 18.1 Å². The van der Waals surface area contributed by atoms with E-state index in [2.05, 4.69) is 28.1 Å². The molecule has 0 radical (unpaired) electrons. The van der Waals surface area contributed by atoms with Crippen LogP contribution in [0.3, 0.4) is 0 Å². The lowest BCUT2D eigenvalue weighted by Gasteiger charge is -2.30. The average Bonchev–Trinajstić information content (AvgIpc) is 3.08. The van der Waals surface area contributed by atoms with Gasteiger partial charge in [-0.15, -0.1) is 0 Å². The number of nitrogens with one attached hydrogen (secondary N) is 1. The van der Waals surface area contributed by atoms with E-state index in [0.29, 0.717) is 5.75 Å². The van der Waals surface area contributed by atoms with Gasteiger partial charge in [-0.25, -0.2) is 4.98 Å². The molecular formula is C21H17N3O2. The molecule has 1 atom stereocenters. The summed E-state index contributed by atoms with van der Waals surface area (Å²) in [6, 6.07) is 21.7. The van der Waals surface area contributed by atoms with Gasteiger partial charge >= 0.3 is 0 Å². The van der Waals surface area contributed by atoms with Crippen molar-refractivity contribution in [1.29, 1.82) is 0 Å². The van der Waals surface area contributed by atoms with Gasteiger partial charge < -0.3 is 15.2 Å². The van der Waals surface area contributed by atoms with E-state index in [1.54, 1.807) is 13.2 Å². The van der Waals surface area contributed by atoms with Crippen molar-refractivity contribution in [1.82, 2.24) is 9.55 Å². The second-order valence-corrected chi connectivity index (χ2v) is 6.32. The van der Waals surface area contributed by atoms with Crippen LogP contribution in [0.4, 0.5) is 5.69 Å². The number of methoxy groups -OCH3 is 1. The van der Waals surface area contributed by atoms with Crippen molar-refractivity contribution in [2.75, 3.05) is 12.4 Å². The number of phenols is 1. The van der Waals surface area contributed by atoms with Gasteiger partial charge in [0, 0.05) is 11.3 Å². The van der Waals surface area contributed by atoms with E-state index in [1.165, 1.54) is 0 Å². The van der Waals surface area contributed by atoms with Crippen molar-refractivity contribution >= 4 is 16.7 Å². The van der Waals surface area contributed by atoms with Crippen molar-refractivity contribution in [3.8, 4) is 22.9 Å². The first kappa shape index (κ1) is 14.8. The lowest BCUT2D eigenvalue weighted by Crippen LogP contribution is -2.24. The van der Waals surface area contributed by atoms with E-state index in [9.17, 15) is 5.11 Å². The smallest absolute Gasteiger partial charge is 0.160 e. The number of nitrogens with zero attached hydrogens (tertiary/aromatic N) is 2. The van der Waals surface area contributed by atoms with Crippen LogP contribution in [0.1, 0.15) is 11.7 Å². The number of anilines is 1. The van der Waals surface area contributed by atoms with E-state index >= 15 is 0 Å². The molecule has 5 rings (SSSR count). The van der Waals surface area contributed by atoms with Gasteiger partial charge in [0.2, 0.25) is 0 Å². The summed E-state index contributed by atoms with van der Waals surface area (Å²) in [5.74, 6) is 1.51. The largest absolute Gasteiger partial charge is 0.504 e. The number of benzene rings is 3. The Kier molecular flexibility index (Phi) is 3.15. The number of rotatable bonds is 2. The summed E-state index contributed by atoms with van der Waals surface area (Å²) in [5.41, 5.74) is 5.11. The fourth-order valence-corrected chi connectivity index (χ4v) is 3.61. The number of imidazole rings is 1. The van der Waals surface area contributed by atoms with E-state index in [-0.39, 0.29) is 11.9 Å². The monoisotopic (exact) mass is 343 g/mol. The molecule has 1 aliphatic rings. The Labute approximate surface area is 150 Å². The Hall–Kier alpha value is -3.47. The van der Waals surface area contributed by atoms with Gasteiger partial charge in [0.1, 0.15) is 12.0 Å². The van der Waals surface area contributed by atoms with Crippen LogP contribution in [-0.4, -0.2) is 21.8 Å². The summed E-state index contributed by atoms with van der Waals surface area (Å²) < 4.78 is 7.50. The fourth-order valence-electron chi connectivity index (χ4n) is 3.61. The minimum absolute atomic E-state index is 0.128. The van der Waals surface area contributed by atoms with Crippen molar-refractivity contribution in [3.63, 3.8) is 0 Å². The third-order valence-electron chi connectivity index (χ3n) is 4.83. The minimum Gasteiger partial charge on any atom is -0.504 e. The Balaban J connectivity index is 1.79. The second kappa shape index (κ2) is 5.52. The number of phenolic OH excluding ortho intramolecular Hbond substituents is 1. The molecule has 2 heterocycles. The van der Waals surface area contributed by atoms with Crippen molar-refractivity contribution in [2.45, 2.75) is 6.17 Å². The molecule has 1 aliphatic heterocycles. The molecule has 1 unspecified atom stereocenters. The zero-order valence-corrected chi connectivity index (χ0v) is 14.2. The third kappa shape index (κ3) is 2.07. The lowest BCUT2D eigenvalue weighted by molar-refractivity contribution is 0.372. The molecule has 128 valence electrons. The van der Waals surface area contributed by atoms with Crippen molar-refractivity contribution in [3.05, 3.63) is 72.3 Å². The molecule has 0 spiro atoms. The van der Waals surface area contributed by atoms with Crippen LogP contribution in [-0.2, 0) is 0 Å². The fraction of sp³-hybridized carbons (Fsp3) is 0.0952. The maximum Gasteiger partial charge on any atom is 0.160 e. The van der Waals surface area contributed by atoms with Gasteiger partial charge in [-0.1, -0.05) is 30.3 Å². The van der Waals surface area contributed by atoms with Crippen LogP contribution in [0.15, 0.2) is 66.7 Å². The molecule has 0 amide bonds. The van der Waals surface area contributed by atoms with Crippen LogP contribution >= 0.6 is 0 Å². The van der Waals surface area contributed by atoms with E-state index in [4.69, 9.17) is 9.72 Å². The summed E-state index contributed by atoms with van der Waals surface area (Å²) in [6.45, 7) is 0. The number of hydrogen-bond donors (Lipinski definition) is 2. The highest BCUT2D eigenvalue weighted by Gasteiger charge is 2.28. The zero-order chi connectivity index (χ0) is 17.7. The normalized spacial score (nSPS) is 15.2. The van der Waals surface area contributed by atoms with Crippen LogP contribution in [0, 0.1) is 0 Å². The molecule has 5 nitrogen and oxygen atoms in total. The molecular weight excluding hydrogens is 326 g/mol. The quantitative estimate of drug-likeness (QED) is 0.567. The van der Waals surface area contributed by atoms with Gasteiger partial charge in [-0.05, 0) is 42.0 Å². The first-order valence-electron chi connectivity index (χ1n) is 8.46. The third-order valence-corrected chi connectivity index (χ3v) is 4.83. The maximum atomic E-state index is 9.95. The Morgan fingerprint density at radius 3 is 2.73 bits per heavy atom. The molecule has 3 aromatic carbocycles. The summed E-state index contributed by atoms with van der Waals surface area (Å²) in [6.07, 6.45) is -0.151. The SMILES string of the molecule is COc1cc(C2Nc3ccccc3-c3nc4ccccc4n32)ccc1O. The minimum atomic E-state index is -0.151. The van der Waals surface area contributed by atoms with E-state index in [0.717, 1.165) is 33.7 Å². The van der Waals surface area contributed by atoms with E-state index < -0.39 is 0 Å². The second-order valence-electron chi connectivity index (χ2n) is 6.32. The highest BCUT2D eigenvalue weighted by Crippen LogP contribution is 2.41. The number of hydrogen-bond acceptors (Lipinski definition) is 4. The van der Waals surface area contributed by atoms with Crippen LogP contribution in [0.5, 0.6) is 11.5 Å². The predicted octanol–water partition coefficient (Wildman–Crippen LogP) is 4.39. The summed E-state index contributed by atoms with van der Waals surface area (Å²) in [7, 11) is 1.56. The van der Waals surface area contributed by atoms with Crippen LogP contribution in [0.25, 0.3) is 22.4 Å². The molecule has 0 bridgehead atoms. The first-order valence-corrected chi connectivity index (χ1v) is 8.46. The van der Waals surface area contributed by atoms with Gasteiger partial charge in [-0.2, -0.15) is 0 Å². The van der Waals surface area contributed by atoms with Gasteiger partial charge in [0.15, 0.2) is 11.5 Å². The number of ether oxygens (including phenoxy) is 1. The summed E-state index contributed by atoms with van der Waals surface area (Å²) >= 11 is 0. The van der Waals surface area contributed by atoms with Crippen LogP contribution in [0.2, 0.25) is 0 Å². The van der Waals surface area contributed by atoms with E-state index in [1.807, 2.05) is 42.5 Å². The van der Waals surface area contributed by atoms with Gasteiger partial charge in [0.25, 0.3) is 0 Å². The molecule has 1 aromatic heterocycles. The predicted molar refractivity (Wildman–Crippen MR) is 102 cm³/mol. The molecule has 26 heavy (non-hydrogen) atoms. The Morgan fingerprint density at radius 1 is 1.04 bits per heavy atom. The topological polar surface area (TPSA) is 59.3 Å². The van der Waals surface area contributed by atoms with Crippen LogP contribution < -0.4 is 10.1 Å². The molecule has 5 heteroatoms. The zero-order valence-electron chi connectivity index (χ0n) is 14.2. The number of fused-ring (bicyclic) bond motifs is 5. The molecule has 2 N–H and O–H groups in total. The molecule has 0 aliphatic carbocycles. The van der Waals surface area contributed by atoms with Gasteiger partial charge in [-0.3, -0.25) is 4.57 Å². The number of para-hydroxylation sites is 3. The van der Waals surface area contributed by atoms with Crippen molar-refractivity contribution in [2.24, 2.45) is 0 Å². The Morgan fingerprint density at radius 2 is 1.85 bits per heavy atom. The summed E-state index contributed by atoms with van der Waals surface area (Å²) in [4.78, 5) is 4.87. The highest BCUT2D eigenvalue weighted by atomic mass is 16.5. The standard InChI is InChI=1S/C21H17N3O2/c1-26-19-12-13(10-11-18(19)25)20-22-15-7-3-2-6-14(15)21-23-16-8-4-5-9-17(16)24(20)21/h2-12,20,22,25H,1H3. The number of aromatic hydroxyl groups is 1. The summed E-state index contributed by atoms with van der Waals surface area (Å²) in [5, 5.41) is 13.6. The molecule has 0 saturated carbocycles. The Bertz CT molecular complexity index is 1130. The number of aromatic nitrogens is 2. The highest BCUT2D eigenvalue weighted by molar-refractivity contribution is 5.86. The molecule has 4 aromatic rings. The van der Waals surface area contributed by atoms with Crippen molar-refractivity contribution < 1.29 is 9.84 Å². The maximum absolute atomic E-state index is 9.95. The lowest BCUT2D eigenvalue weighted by atomic mass is 10.1.